The van der Waals surface area contributed by atoms with Crippen LogP contribution >= 0.6 is 0 Å². The van der Waals surface area contributed by atoms with E-state index < -0.39 is 5.97 Å². The minimum Gasteiger partial charge on any atom is -0.465 e. The number of rotatable bonds is 7. The summed E-state index contributed by atoms with van der Waals surface area (Å²) in [6.45, 7) is 3.40. The summed E-state index contributed by atoms with van der Waals surface area (Å²) in [5.41, 5.74) is 1.32. The topological polar surface area (TPSA) is 97.6 Å². The fraction of sp³-hybridized carbons (Fsp3) is 0.583. The van der Waals surface area contributed by atoms with Crippen LogP contribution in [0.3, 0.4) is 0 Å². The molecule has 0 amide bonds. The van der Waals surface area contributed by atoms with Crippen LogP contribution < -0.4 is 10.2 Å². The number of pyridine rings is 1. The molecular weight excluding hydrogens is 408 g/mol. The van der Waals surface area contributed by atoms with Crippen LogP contribution in [-0.2, 0) is 11.2 Å². The molecule has 1 aliphatic heterocycles. The maximum absolute atomic E-state index is 12.5. The summed E-state index contributed by atoms with van der Waals surface area (Å²) in [7, 11) is 1.36. The molecule has 1 aliphatic carbocycles. The van der Waals surface area contributed by atoms with Crippen molar-refractivity contribution in [3.8, 4) is 0 Å². The van der Waals surface area contributed by atoms with Gasteiger partial charge >= 0.3 is 5.97 Å². The molecule has 0 spiro atoms. The van der Waals surface area contributed by atoms with Gasteiger partial charge in [0.05, 0.1) is 7.11 Å². The van der Waals surface area contributed by atoms with Crippen LogP contribution in [0.25, 0.3) is 0 Å². The van der Waals surface area contributed by atoms with Gasteiger partial charge in [0.15, 0.2) is 5.78 Å². The lowest BCUT2D eigenvalue weighted by molar-refractivity contribution is 0.0600. The molecule has 0 aromatic carbocycles. The van der Waals surface area contributed by atoms with Gasteiger partial charge in [-0.15, -0.1) is 0 Å². The second-order valence-corrected chi connectivity index (χ2v) is 8.89. The summed E-state index contributed by atoms with van der Waals surface area (Å²) in [4.78, 5) is 31.7. The molecule has 8 nitrogen and oxygen atoms in total. The first-order valence-electron chi connectivity index (χ1n) is 11.6. The van der Waals surface area contributed by atoms with Crippen molar-refractivity contribution in [1.82, 2.24) is 15.5 Å². The number of Topliss-reactive ketones (excluding diaryl/α,β-unsaturated/α-hetero) is 1. The first-order chi connectivity index (χ1) is 15.5. The minimum atomic E-state index is -0.443. The lowest BCUT2D eigenvalue weighted by Crippen LogP contribution is -2.47. The lowest BCUT2D eigenvalue weighted by Gasteiger charge is -2.36. The van der Waals surface area contributed by atoms with E-state index in [1.54, 1.807) is 25.3 Å². The number of hydrogen-bond donors (Lipinski definition) is 1. The van der Waals surface area contributed by atoms with Gasteiger partial charge in [0.2, 0.25) is 0 Å². The van der Waals surface area contributed by atoms with Crippen LogP contribution in [0.15, 0.2) is 22.9 Å². The van der Waals surface area contributed by atoms with E-state index in [1.165, 1.54) is 39.2 Å². The number of aromatic nitrogens is 2. The average molecular weight is 441 g/mol. The Kier molecular flexibility index (Phi) is 7.19. The molecule has 3 heterocycles. The molecule has 0 unspecified atom stereocenters. The largest absolute Gasteiger partial charge is 0.465 e. The summed E-state index contributed by atoms with van der Waals surface area (Å²) in [5, 5.41) is 7.61. The Balaban J connectivity index is 1.42. The lowest BCUT2D eigenvalue weighted by atomic mass is 9.93. The number of ether oxygens (including phenoxy) is 1. The van der Waals surface area contributed by atoms with Crippen molar-refractivity contribution in [1.29, 1.82) is 0 Å². The van der Waals surface area contributed by atoms with Gasteiger partial charge in [0, 0.05) is 43.9 Å². The Labute approximate surface area is 188 Å². The number of anilines is 1. The molecule has 2 fully saturated rings. The Bertz CT molecular complexity index is 943. The summed E-state index contributed by atoms with van der Waals surface area (Å²) in [5.74, 6) is 0.586. The van der Waals surface area contributed by atoms with Crippen LogP contribution in [0.5, 0.6) is 0 Å². The predicted molar refractivity (Wildman–Crippen MR) is 120 cm³/mol. The fourth-order valence-corrected chi connectivity index (χ4v) is 4.74. The number of ketones is 1. The molecule has 0 bridgehead atoms. The zero-order valence-corrected chi connectivity index (χ0v) is 18.9. The number of carbonyl (C=O) groups excluding carboxylic acids is 2. The molecule has 172 valence electrons. The number of esters is 1. The normalized spacial score (nSPS) is 18.0. The van der Waals surface area contributed by atoms with Crippen molar-refractivity contribution in [2.45, 2.75) is 70.4 Å². The van der Waals surface area contributed by atoms with Crippen LogP contribution in [0.1, 0.15) is 77.1 Å². The summed E-state index contributed by atoms with van der Waals surface area (Å²) in [6, 6.07) is 4.48. The molecule has 1 N–H and O–H groups in total. The van der Waals surface area contributed by atoms with Crippen molar-refractivity contribution < 1.29 is 18.8 Å². The summed E-state index contributed by atoms with van der Waals surface area (Å²) in [6.07, 6.45) is 10.4. The van der Waals surface area contributed by atoms with Crippen LogP contribution in [0, 0.1) is 6.92 Å². The van der Waals surface area contributed by atoms with Gasteiger partial charge in [0.1, 0.15) is 22.8 Å². The molecule has 32 heavy (non-hydrogen) atoms. The highest BCUT2D eigenvalue weighted by molar-refractivity contribution is 5.97. The van der Waals surface area contributed by atoms with E-state index in [4.69, 9.17) is 9.26 Å². The highest BCUT2D eigenvalue weighted by Crippen LogP contribution is 2.26. The first-order valence-corrected chi connectivity index (χ1v) is 11.6. The number of aryl methyl sites for hydroxylation is 1. The number of carbonyl (C=O) groups is 2. The maximum atomic E-state index is 12.5. The second kappa shape index (κ2) is 10.3. The molecule has 8 heteroatoms. The van der Waals surface area contributed by atoms with Crippen LogP contribution in [0.2, 0.25) is 0 Å². The smallest absolute Gasteiger partial charge is 0.341 e. The third-order valence-corrected chi connectivity index (χ3v) is 6.48. The van der Waals surface area contributed by atoms with E-state index >= 15 is 0 Å². The molecule has 2 aromatic heterocycles. The fourth-order valence-electron chi connectivity index (χ4n) is 4.74. The Morgan fingerprint density at radius 3 is 2.50 bits per heavy atom. The van der Waals surface area contributed by atoms with Crippen molar-refractivity contribution in [2.75, 3.05) is 25.1 Å². The molecule has 2 aromatic rings. The van der Waals surface area contributed by atoms with Crippen molar-refractivity contribution in [3.05, 3.63) is 40.9 Å². The standard InChI is InChI=1S/C24H32N4O4/c1-16-12-21(27-32-16)22(29)14-17-13-20(24(30)31-2)23(25-15-17)28-10-8-19(9-11-28)26-18-6-4-3-5-7-18/h12-13,15,18-19,26H,3-11,14H2,1-2H3. The van der Waals surface area contributed by atoms with E-state index in [0.29, 0.717) is 34.8 Å². The average Bonchev–Trinajstić information content (AvgIpc) is 3.26. The second-order valence-electron chi connectivity index (χ2n) is 8.89. The van der Waals surface area contributed by atoms with Gasteiger partial charge in [-0.2, -0.15) is 0 Å². The van der Waals surface area contributed by atoms with Gasteiger partial charge in [-0.05, 0) is 44.2 Å². The molecule has 1 saturated carbocycles. The molecule has 1 saturated heterocycles. The number of piperidine rings is 1. The predicted octanol–water partition coefficient (Wildman–Crippen LogP) is 3.48. The molecular formula is C24H32N4O4. The number of methoxy groups -OCH3 is 1. The molecule has 4 rings (SSSR count). The van der Waals surface area contributed by atoms with E-state index in [0.717, 1.165) is 25.9 Å². The van der Waals surface area contributed by atoms with E-state index in [9.17, 15) is 9.59 Å². The van der Waals surface area contributed by atoms with E-state index in [2.05, 4.69) is 20.4 Å². The van der Waals surface area contributed by atoms with E-state index in [-0.39, 0.29) is 17.9 Å². The summed E-state index contributed by atoms with van der Waals surface area (Å²) < 4.78 is 9.99. The van der Waals surface area contributed by atoms with Crippen LogP contribution in [0.4, 0.5) is 5.82 Å². The highest BCUT2D eigenvalue weighted by atomic mass is 16.5. The van der Waals surface area contributed by atoms with Crippen molar-refractivity contribution in [2.24, 2.45) is 0 Å². The summed E-state index contributed by atoms with van der Waals surface area (Å²) >= 11 is 0. The van der Waals surface area contributed by atoms with Crippen molar-refractivity contribution >= 4 is 17.6 Å². The monoisotopic (exact) mass is 440 g/mol. The zero-order chi connectivity index (χ0) is 22.5. The highest BCUT2D eigenvalue weighted by Gasteiger charge is 2.27. The first kappa shape index (κ1) is 22.5. The minimum absolute atomic E-state index is 0.0939. The number of nitrogens with one attached hydrogen (secondary N) is 1. The van der Waals surface area contributed by atoms with Gasteiger partial charge in [-0.25, -0.2) is 9.78 Å². The maximum Gasteiger partial charge on any atom is 0.341 e. The molecule has 0 radical (unpaired) electrons. The van der Waals surface area contributed by atoms with Gasteiger partial charge in [-0.3, -0.25) is 4.79 Å². The van der Waals surface area contributed by atoms with Gasteiger partial charge in [-0.1, -0.05) is 24.4 Å². The third kappa shape index (κ3) is 5.35. The Hall–Kier alpha value is -2.74. The molecule has 0 atom stereocenters. The van der Waals surface area contributed by atoms with E-state index in [1.807, 2.05) is 0 Å². The Morgan fingerprint density at radius 2 is 1.84 bits per heavy atom. The third-order valence-electron chi connectivity index (χ3n) is 6.48. The van der Waals surface area contributed by atoms with Gasteiger partial charge < -0.3 is 19.5 Å². The Morgan fingerprint density at radius 1 is 1.12 bits per heavy atom. The van der Waals surface area contributed by atoms with Crippen LogP contribution in [-0.4, -0.2) is 54.2 Å². The quantitative estimate of drug-likeness (QED) is 0.516. The van der Waals surface area contributed by atoms with Gasteiger partial charge in [0.25, 0.3) is 0 Å². The SMILES string of the molecule is COC(=O)c1cc(CC(=O)c2cc(C)on2)cnc1N1CCC(NC2CCCCC2)CC1. The number of nitrogens with zero attached hydrogens (tertiary/aromatic N) is 3. The molecule has 2 aliphatic rings. The zero-order valence-electron chi connectivity index (χ0n) is 18.9. The number of hydrogen-bond acceptors (Lipinski definition) is 8. The van der Waals surface area contributed by atoms with Crippen molar-refractivity contribution in [3.63, 3.8) is 0 Å².